The number of fused-ring (bicyclic) bond motifs is 3. The van der Waals surface area contributed by atoms with E-state index in [9.17, 15) is 4.79 Å². The van der Waals surface area contributed by atoms with E-state index in [1.165, 1.54) is 0 Å². The maximum absolute atomic E-state index is 12.3. The summed E-state index contributed by atoms with van der Waals surface area (Å²) in [6, 6.07) is 15.0. The van der Waals surface area contributed by atoms with E-state index in [2.05, 4.69) is 5.32 Å². The van der Waals surface area contributed by atoms with Crippen LogP contribution in [0.3, 0.4) is 0 Å². The number of amides is 1. The first kappa shape index (κ1) is 17.0. The standard InChI is InChI=1S/C21H19NO5/c1-24-16-10-13(11-17(25-2)20(16)26-3)18-15-9-8-12-6-4-5-7-14(12)19(15)27-21(23)22-18/h4-11,18H,1-3H3,(H,22,23). The van der Waals surface area contributed by atoms with Gasteiger partial charge < -0.3 is 24.3 Å². The maximum Gasteiger partial charge on any atom is 0.413 e. The van der Waals surface area contributed by atoms with Gasteiger partial charge in [0, 0.05) is 10.9 Å². The number of hydrogen-bond donors (Lipinski definition) is 1. The molecular weight excluding hydrogens is 346 g/mol. The first-order chi connectivity index (χ1) is 13.2. The van der Waals surface area contributed by atoms with Crippen molar-refractivity contribution in [2.24, 2.45) is 0 Å². The minimum absolute atomic E-state index is 0.403. The number of nitrogens with one attached hydrogen (secondary N) is 1. The molecule has 1 amide bonds. The Morgan fingerprint density at radius 3 is 2.30 bits per heavy atom. The first-order valence-corrected chi connectivity index (χ1v) is 8.46. The number of hydrogen-bond acceptors (Lipinski definition) is 5. The van der Waals surface area contributed by atoms with Gasteiger partial charge in [-0.1, -0.05) is 36.4 Å². The molecule has 0 saturated carbocycles. The van der Waals surface area contributed by atoms with Gasteiger partial charge in [-0.2, -0.15) is 0 Å². The van der Waals surface area contributed by atoms with Crippen molar-refractivity contribution in [3.63, 3.8) is 0 Å². The van der Waals surface area contributed by atoms with Crippen molar-refractivity contribution in [1.29, 1.82) is 0 Å². The van der Waals surface area contributed by atoms with Gasteiger partial charge in [-0.15, -0.1) is 0 Å². The topological polar surface area (TPSA) is 66.0 Å². The van der Waals surface area contributed by atoms with Gasteiger partial charge in [0.1, 0.15) is 5.75 Å². The Kier molecular flexibility index (Phi) is 4.24. The van der Waals surface area contributed by atoms with E-state index >= 15 is 0 Å². The lowest BCUT2D eigenvalue weighted by molar-refractivity contribution is 0.192. The predicted octanol–water partition coefficient (Wildman–Crippen LogP) is 4.06. The number of carbonyl (C=O) groups excluding carboxylic acids is 1. The van der Waals surface area contributed by atoms with Crippen LogP contribution in [0.5, 0.6) is 23.0 Å². The number of rotatable bonds is 4. The van der Waals surface area contributed by atoms with E-state index in [1.54, 1.807) is 21.3 Å². The molecule has 3 aromatic carbocycles. The molecule has 0 saturated heterocycles. The van der Waals surface area contributed by atoms with Crippen LogP contribution in [-0.2, 0) is 0 Å². The molecule has 1 atom stereocenters. The van der Waals surface area contributed by atoms with Crippen molar-refractivity contribution < 1.29 is 23.7 Å². The molecule has 0 spiro atoms. The van der Waals surface area contributed by atoms with Crippen LogP contribution >= 0.6 is 0 Å². The van der Waals surface area contributed by atoms with Gasteiger partial charge in [0.2, 0.25) is 5.75 Å². The molecule has 138 valence electrons. The molecule has 0 bridgehead atoms. The minimum atomic E-state index is -0.502. The summed E-state index contributed by atoms with van der Waals surface area (Å²) in [6.07, 6.45) is -0.502. The Hall–Kier alpha value is -3.41. The third kappa shape index (κ3) is 2.79. The second-order valence-corrected chi connectivity index (χ2v) is 6.13. The highest BCUT2D eigenvalue weighted by Crippen LogP contribution is 2.44. The highest BCUT2D eigenvalue weighted by molar-refractivity contribution is 5.93. The van der Waals surface area contributed by atoms with Crippen LogP contribution < -0.4 is 24.3 Å². The first-order valence-electron chi connectivity index (χ1n) is 8.46. The largest absolute Gasteiger partial charge is 0.493 e. The van der Waals surface area contributed by atoms with E-state index in [0.717, 1.165) is 21.9 Å². The molecule has 0 fully saturated rings. The fraction of sp³-hybridized carbons (Fsp3) is 0.190. The van der Waals surface area contributed by atoms with Gasteiger partial charge in [-0.3, -0.25) is 0 Å². The van der Waals surface area contributed by atoms with E-state index < -0.39 is 12.1 Å². The average molecular weight is 365 g/mol. The minimum Gasteiger partial charge on any atom is -0.493 e. The van der Waals surface area contributed by atoms with Crippen LogP contribution in [0.25, 0.3) is 10.8 Å². The van der Waals surface area contributed by atoms with Gasteiger partial charge >= 0.3 is 6.09 Å². The summed E-state index contributed by atoms with van der Waals surface area (Å²) < 4.78 is 21.8. The molecule has 1 aliphatic heterocycles. The third-order valence-corrected chi connectivity index (χ3v) is 4.70. The quantitative estimate of drug-likeness (QED) is 0.755. The molecule has 0 radical (unpaired) electrons. The van der Waals surface area contributed by atoms with E-state index in [1.807, 2.05) is 48.5 Å². The van der Waals surface area contributed by atoms with Gasteiger partial charge in [-0.25, -0.2) is 4.79 Å². The Morgan fingerprint density at radius 2 is 1.63 bits per heavy atom. The van der Waals surface area contributed by atoms with Crippen LogP contribution in [0.4, 0.5) is 4.79 Å². The smallest absolute Gasteiger partial charge is 0.413 e. The van der Waals surface area contributed by atoms with E-state index in [4.69, 9.17) is 18.9 Å². The summed E-state index contributed by atoms with van der Waals surface area (Å²) >= 11 is 0. The molecule has 0 aliphatic carbocycles. The zero-order chi connectivity index (χ0) is 19.0. The summed E-state index contributed by atoms with van der Waals surface area (Å²) in [5.74, 6) is 2.11. The summed E-state index contributed by atoms with van der Waals surface area (Å²) in [7, 11) is 4.67. The highest BCUT2D eigenvalue weighted by Gasteiger charge is 2.30. The molecule has 3 aromatic rings. The Bertz CT molecular complexity index is 1010. The van der Waals surface area contributed by atoms with Crippen molar-refractivity contribution in [1.82, 2.24) is 5.32 Å². The van der Waals surface area contributed by atoms with Crippen LogP contribution in [-0.4, -0.2) is 27.4 Å². The fourth-order valence-electron chi connectivity index (χ4n) is 3.45. The molecule has 1 heterocycles. The predicted molar refractivity (Wildman–Crippen MR) is 101 cm³/mol. The summed E-state index contributed by atoms with van der Waals surface area (Å²) in [5, 5.41) is 4.78. The molecular formula is C21H19NO5. The van der Waals surface area contributed by atoms with Crippen LogP contribution in [0.15, 0.2) is 48.5 Å². The Balaban J connectivity index is 1.91. The maximum atomic E-state index is 12.3. The van der Waals surface area contributed by atoms with Crippen LogP contribution in [0.2, 0.25) is 0 Å². The zero-order valence-electron chi connectivity index (χ0n) is 15.2. The van der Waals surface area contributed by atoms with Gasteiger partial charge in [0.05, 0.1) is 27.4 Å². The molecule has 4 rings (SSSR count). The number of benzene rings is 3. The highest BCUT2D eigenvalue weighted by atomic mass is 16.6. The molecule has 27 heavy (non-hydrogen) atoms. The van der Waals surface area contributed by atoms with Crippen molar-refractivity contribution in [2.75, 3.05) is 21.3 Å². The Morgan fingerprint density at radius 1 is 0.926 bits per heavy atom. The van der Waals surface area contributed by atoms with Crippen molar-refractivity contribution in [3.05, 3.63) is 59.7 Å². The lowest BCUT2D eigenvalue weighted by Gasteiger charge is -2.28. The Labute approximate surface area is 156 Å². The average Bonchev–Trinajstić information content (AvgIpc) is 2.71. The summed E-state index contributed by atoms with van der Waals surface area (Å²) in [6.45, 7) is 0. The normalized spacial score (nSPS) is 15.5. The summed E-state index contributed by atoms with van der Waals surface area (Å²) in [5.41, 5.74) is 1.67. The number of carbonyl (C=O) groups is 1. The monoisotopic (exact) mass is 365 g/mol. The molecule has 6 nitrogen and oxygen atoms in total. The summed E-state index contributed by atoms with van der Waals surface area (Å²) in [4.78, 5) is 12.3. The number of methoxy groups -OCH3 is 3. The van der Waals surface area contributed by atoms with E-state index in [-0.39, 0.29) is 0 Å². The van der Waals surface area contributed by atoms with Crippen LogP contribution in [0.1, 0.15) is 17.2 Å². The zero-order valence-corrected chi connectivity index (χ0v) is 15.2. The molecule has 0 aromatic heterocycles. The number of ether oxygens (including phenoxy) is 4. The second-order valence-electron chi connectivity index (χ2n) is 6.13. The molecule has 1 N–H and O–H groups in total. The van der Waals surface area contributed by atoms with Gasteiger partial charge in [0.25, 0.3) is 0 Å². The lowest BCUT2D eigenvalue weighted by Crippen LogP contribution is -2.36. The van der Waals surface area contributed by atoms with Gasteiger partial charge in [0.15, 0.2) is 11.5 Å². The lowest BCUT2D eigenvalue weighted by atomic mass is 9.93. The van der Waals surface area contributed by atoms with E-state index in [0.29, 0.717) is 23.0 Å². The third-order valence-electron chi connectivity index (χ3n) is 4.70. The SMILES string of the molecule is COc1cc(C2NC(=O)Oc3c2ccc2ccccc32)cc(OC)c1OC. The van der Waals surface area contributed by atoms with Crippen molar-refractivity contribution >= 4 is 16.9 Å². The molecule has 1 aliphatic rings. The second kappa shape index (κ2) is 6.72. The van der Waals surface area contributed by atoms with Crippen LogP contribution in [0, 0.1) is 0 Å². The fourth-order valence-corrected chi connectivity index (χ4v) is 3.45. The molecule has 1 unspecified atom stereocenters. The van der Waals surface area contributed by atoms with Crippen molar-refractivity contribution in [3.8, 4) is 23.0 Å². The molecule has 6 heteroatoms. The van der Waals surface area contributed by atoms with Gasteiger partial charge in [-0.05, 0) is 23.1 Å². The van der Waals surface area contributed by atoms with Crippen molar-refractivity contribution in [2.45, 2.75) is 6.04 Å².